The highest BCUT2D eigenvalue weighted by atomic mass is 127. The van der Waals surface area contributed by atoms with Crippen LogP contribution < -0.4 is 10.6 Å². The van der Waals surface area contributed by atoms with Crippen LogP contribution in [0, 0.1) is 11.6 Å². The molecule has 27 heavy (non-hydrogen) atoms. The van der Waals surface area contributed by atoms with Crippen LogP contribution in [0.25, 0.3) is 10.9 Å². The Bertz CT molecular complexity index is 908. The first-order valence-corrected chi connectivity index (χ1v) is 8.61. The molecule has 2 aromatic carbocycles. The first kappa shape index (κ1) is 21.1. The minimum absolute atomic E-state index is 0. The molecular weight excluding hydrogens is 461 g/mol. The average molecular weight is 484 g/mol. The Labute approximate surface area is 174 Å². The van der Waals surface area contributed by atoms with Gasteiger partial charge in [0, 0.05) is 37.2 Å². The quantitative estimate of drug-likeness (QED) is 0.282. The number of fused-ring (bicyclic) bond motifs is 1. The number of hydrogen-bond acceptors (Lipinski definition) is 1. The Hall–Kier alpha value is -2.16. The highest BCUT2D eigenvalue weighted by Crippen LogP contribution is 2.17. The van der Waals surface area contributed by atoms with Crippen molar-refractivity contribution in [1.29, 1.82) is 0 Å². The number of aromatic amines is 1. The van der Waals surface area contributed by atoms with E-state index in [-0.39, 0.29) is 24.0 Å². The van der Waals surface area contributed by atoms with Gasteiger partial charge in [-0.1, -0.05) is 30.3 Å². The second-order valence-electron chi connectivity index (χ2n) is 6.00. The van der Waals surface area contributed by atoms with Gasteiger partial charge in [0.1, 0.15) is 0 Å². The molecule has 3 aromatic rings. The van der Waals surface area contributed by atoms with Crippen LogP contribution in [0.1, 0.15) is 11.1 Å². The molecule has 0 spiro atoms. The van der Waals surface area contributed by atoms with Crippen molar-refractivity contribution < 1.29 is 8.78 Å². The Balaban J connectivity index is 0.00000261. The Morgan fingerprint density at radius 3 is 2.41 bits per heavy atom. The predicted molar refractivity (Wildman–Crippen MR) is 117 cm³/mol. The fraction of sp³-hybridized carbons (Fsp3) is 0.250. The summed E-state index contributed by atoms with van der Waals surface area (Å²) in [5.74, 6) is -0.957. The number of benzene rings is 2. The van der Waals surface area contributed by atoms with Crippen molar-refractivity contribution in [3.05, 3.63) is 71.4 Å². The fourth-order valence-corrected chi connectivity index (χ4v) is 2.93. The normalized spacial score (nSPS) is 11.3. The van der Waals surface area contributed by atoms with Gasteiger partial charge in [-0.15, -0.1) is 24.0 Å². The van der Waals surface area contributed by atoms with Crippen molar-refractivity contribution in [2.24, 2.45) is 4.99 Å². The summed E-state index contributed by atoms with van der Waals surface area (Å²) in [7, 11) is 1.68. The van der Waals surface area contributed by atoms with E-state index >= 15 is 0 Å². The van der Waals surface area contributed by atoms with Gasteiger partial charge in [-0.2, -0.15) is 0 Å². The minimum Gasteiger partial charge on any atom is -0.361 e. The molecule has 0 saturated carbocycles. The molecule has 0 aliphatic heterocycles. The summed E-state index contributed by atoms with van der Waals surface area (Å²) in [6.07, 6.45) is 3.26. The lowest BCUT2D eigenvalue weighted by atomic mass is 10.1. The molecule has 0 unspecified atom stereocenters. The standard InChI is InChI=1S/C20H22F2N4.HI/c1-23-20(24-11-9-14-5-4-7-17(21)19(14)22)25-12-10-15-13-26-18-8-3-2-6-16(15)18;/h2-8,13,26H,9-12H2,1H3,(H2,23,24,25);1H. The summed E-state index contributed by atoms with van der Waals surface area (Å²) < 4.78 is 26.9. The molecule has 3 N–H and O–H groups in total. The van der Waals surface area contributed by atoms with Crippen LogP contribution in [-0.2, 0) is 12.8 Å². The lowest BCUT2D eigenvalue weighted by molar-refractivity contribution is 0.498. The van der Waals surface area contributed by atoms with Crippen molar-refractivity contribution >= 4 is 40.8 Å². The summed E-state index contributed by atoms with van der Waals surface area (Å²) >= 11 is 0. The summed E-state index contributed by atoms with van der Waals surface area (Å²) in [5.41, 5.74) is 2.72. The van der Waals surface area contributed by atoms with Gasteiger partial charge in [0.05, 0.1) is 0 Å². The highest BCUT2D eigenvalue weighted by Gasteiger charge is 2.07. The van der Waals surface area contributed by atoms with Crippen LogP contribution in [0.2, 0.25) is 0 Å². The molecule has 4 nitrogen and oxygen atoms in total. The van der Waals surface area contributed by atoms with Gasteiger partial charge in [-0.3, -0.25) is 4.99 Å². The molecule has 0 radical (unpaired) electrons. The van der Waals surface area contributed by atoms with Crippen molar-refractivity contribution in [2.75, 3.05) is 20.1 Å². The number of guanidine groups is 1. The summed E-state index contributed by atoms with van der Waals surface area (Å²) in [5, 5.41) is 7.59. The molecule has 7 heteroatoms. The third kappa shape index (κ3) is 5.41. The van der Waals surface area contributed by atoms with E-state index in [1.54, 1.807) is 13.1 Å². The minimum atomic E-state index is -0.816. The van der Waals surface area contributed by atoms with Crippen molar-refractivity contribution in [3.63, 3.8) is 0 Å². The van der Waals surface area contributed by atoms with Crippen LogP contribution in [-0.4, -0.2) is 31.1 Å². The maximum atomic E-state index is 13.6. The number of hydrogen-bond donors (Lipinski definition) is 3. The summed E-state index contributed by atoms with van der Waals surface area (Å²) in [6, 6.07) is 12.4. The number of nitrogens with zero attached hydrogens (tertiary/aromatic N) is 1. The number of nitrogens with one attached hydrogen (secondary N) is 3. The average Bonchev–Trinajstić information content (AvgIpc) is 3.07. The fourth-order valence-electron chi connectivity index (χ4n) is 2.93. The monoisotopic (exact) mass is 484 g/mol. The first-order valence-electron chi connectivity index (χ1n) is 8.61. The Morgan fingerprint density at radius 2 is 1.67 bits per heavy atom. The van der Waals surface area contributed by atoms with Crippen LogP contribution in [0.3, 0.4) is 0 Å². The first-order chi connectivity index (χ1) is 12.7. The number of para-hydroxylation sites is 1. The Morgan fingerprint density at radius 1 is 0.963 bits per heavy atom. The largest absolute Gasteiger partial charge is 0.361 e. The number of rotatable bonds is 6. The molecule has 0 bridgehead atoms. The third-order valence-electron chi connectivity index (χ3n) is 4.30. The lowest BCUT2D eigenvalue weighted by Crippen LogP contribution is -2.39. The predicted octanol–water partition coefficient (Wildman–Crippen LogP) is 4.01. The summed E-state index contributed by atoms with van der Waals surface area (Å²) in [6.45, 7) is 1.18. The van der Waals surface area contributed by atoms with E-state index in [1.165, 1.54) is 17.0 Å². The molecule has 1 heterocycles. The maximum Gasteiger partial charge on any atom is 0.190 e. The Kier molecular flexibility index (Phi) is 8.02. The topological polar surface area (TPSA) is 52.2 Å². The van der Waals surface area contributed by atoms with Gasteiger partial charge < -0.3 is 15.6 Å². The molecule has 1 aromatic heterocycles. The number of H-pyrrole nitrogens is 1. The molecule has 3 rings (SSSR count). The van der Waals surface area contributed by atoms with Gasteiger partial charge in [0.2, 0.25) is 0 Å². The molecule has 0 atom stereocenters. The molecule has 144 valence electrons. The second-order valence-corrected chi connectivity index (χ2v) is 6.00. The van der Waals surface area contributed by atoms with Gasteiger partial charge in [0.15, 0.2) is 17.6 Å². The molecule has 0 aliphatic carbocycles. The summed E-state index contributed by atoms with van der Waals surface area (Å²) in [4.78, 5) is 7.42. The van der Waals surface area contributed by atoms with Crippen LogP contribution in [0.15, 0.2) is 53.7 Å². The highest BCUT2D eigenvalue weighted by molar-refractivity contribution is 14.0. The van der Waals surface area contributed by atoms with Gasteiger partial charge in [-0.25, -0.2) is 8.78 Å². The SMILES string of the molecule is CN=C(NCCc1cccc(F)c1F)NCCc1c[nH]c2ccccc12.I. The van der Waals surface area contributed by atoms with Gasteiger partial charge >= 0.3 is 0 Å². The van der Waals surface area contributed by atoms with E-state index in [4.69, 9.17) is 0 Å². The zero-order valence-electron chi connectivity index (χ0n) is 15.1. The molecule has 0 aliphatic rings. The van der Waals surface area contributed by atoms with Crippen LogP contribution in [0.5, 0.6) is 0 Å². The number of halogens is 3. The number of aliphatic imine (C=N–C) groups is 1. The van der Waals surface area contributed by atoms with E-state index in [0.29, 0.717) is 24.5 Å². The zero-order chi connectivity index (χ0) is 18.4. The molecule has 0 amide bonds. The van der Waals surface area contributed by atoms with Crippen molar-refractivity contribution in [3.8, 4) is 0 Å². The van der Waals surface area contributed by atoms with Crippen LogP contribution in [0.4, 0.5) is 8.78 Å². The molecule has 0 fully saturated rings. The van der Waals surface area contributed by atoms with E-state index in [0.717, 1.165) is 24.5 Å². The van der Waals surface area contributed by atoms with E-state index in [9.17, 15) is 8.78 Å². The van der Waals surface area contributed by atoms with Gasteiger partial charge in [-0.05, 0) is 36.1 Å². The van der Waals surface area contributed by atoms with Gasteiger partial charge in [0.25, 0.3) is 0 Å². The van der Waals surface area contributed by atoms with Crippen LogP contribution >= 0.6 is 24.0 Å². The maximum absolute atomic E-state index is 13.6. The van der Waals surface area contributed by atoms with E-state index < -0.39 is 11.6 Å². The smallest absolute Gasteiger partial charge is 0.190 e. The van der Waals surface area contributed by atoms with E-state index in [1.807, 2.05) is 18.3 Å². The number of aromatic nitrogens is 1. The lowest BCUT2D eigenvalue weighted by Gasteiger charge is -2.12. The second kappa shape index (κ2) is 10.2. The third-order valence-corrected chi connectivity index (χ3v) is 4.30. The molecular formula is C20H23F2IN4. The van der Waals surface area contributed by atoms with E-state index in [2.05, 4.69) is 32.7 Å². The zero-order valence-corrected chi connectivity index (χ0v) is 17.4. The van der Waals surface area contributed by atoms with Crippen molar-refractivity contribution in [2.45, 2.75) is 12.8 Å². The molecule has 0 saturated heterocycles. The van der Waals surface area contributed by atoms with Crippen molar-refractivity contribution in [1.82, 2.24) is 15.6 Å².